The van der Waals surface area contributed by atoms with Crippen LogP contribution in [0.3, 0.4) is 0 Å². The zero-order chi connectivity index (χ0) is 21.0. The van der Waals surface area contributed by atoms with Gasteiger partial charge in [0.25, 0.3) is 0 Å². The lowest BCUT2D eigenvalue weighted by Gasteiger charge is -2.27. The molecule has 1 aliphatic carbocycles. The molecule has 1 saturated carbocycles. The lowest BCUT2D eigenvalue weighted by atomic mass is 9.79. The molecule has 2 nitrogen and oxygen atoms in total. The van der Waals surface area contributed by atoms with Crippen LogP contribution in [0.25, 0.3) is 0 Å². The highest BCUT2D eigenvalue weighted by Gasteiger charge is 2.23. The number of rotatable bonds is 12. The Morgan fingerprint density at radius 1 is 0.667 bits per heavy atom. The van der Waals surface area contributed by atoms with Crippen molar-refractivity contribution in [1.82, 2.24) is 9.97 Å². The number of nitrogens with zero attached hydrogens (tertiary/aromatic N) is 2. The van der Waals surface area contributed by atoms with E-state index < -0.39 is 0 Å². The third-order valence-corrected chi connectivity index (χ3v) is 6.95. The molecular formula is C28H42N2. The minimum Gasteiger partial charge on any atom is -0.241 e. The number of aryl methyl sites for hydroxylation is 3. The Morgan fingerprint density at radius 3 is 1.87 bits per heavy atom. The summed E-state index contributed by atoms with van der Waals surface area (Å²) in [5.41, 5.74) is 4.15. The van der Waals surface area contributed by atoms with Gasteiger partial charge in [-0.3, -0.25) is 0 Å². The van der Waals surface area contributed by atoms with E-state index in [1.54, 1.807) is 0 Å². The van der Waals surface area contributed by atoms with E-state index in [2.05, 4.69) is 50.5 Å². The van der Waals surface area contributed by atoms with Crippen molar-refractivity contribution in [2.24, 2.45) is 5.92 Å². The number of hydrogen-bond donors (Lipinski definition) is 0. The number of unbranched alkanes of at least 4 members (excludes halogenated alkanes) is 4. The van der Waals surface area contributed by atoms with Crippen molar-refractivity contribution in [2.45, 2.75) is 110 Å². The molecule has 164 valence electrons. The third kappa shape index (κ3) is 7.52. The standard InChI is InChI=1S/C28H42N2/c1-3-5-7-9-23-11-13-25(14-12-23)15-16-26-21-29-28(30-22-26)27-19-17-24(18-20-27)10-8-6-4-2/h11-14,21-22,24,27H,3-10,15-20H2,1-2H3. The highest BCUT2D eigenvalue weighted by atomic mass is 14.9. The second kappa shape index (κ2) is 12.9. The van der Waals surface area contributed by atoms with E-state index in [9.17, 15) is 0 Å². The molecule has 0 spiro atoms. The summed E-state index contributed by atoms with van der Waals surface area (Å²) in [7, 11) is 0. The van der Waals surface area contributed by atoms with Gasteiger partial charge in [0.2, 0.25) is 0 Å². The fourth-order valence-electron chi connectivity index (χ4n) is 4.84. The van der Waals surface area contributed by atoms with Gasteiger partial charge in [-0.1, -0.05) is 76.6 Å². The average Bonchev–Trinajstić information content (AvgIpc) is 2.80. The van der Waals surface area contributed by atoms with Crippen LogP contribution < -0.4 is 0 Å². The second-order valence-corrected chi connectivity index (χ2v) is 9.44. The number of aromatic nitrogens is 2. The summed E-state index contributed by atoms with van der Waals surface area (Å²) in [6.07, 6.45) is 22.3. The van der Waals surface area contributed by atoms with Gasteiger partial charge < -0.3 is 0 Å². The topological polar surface area (TPSA) is 25.8 Å². The summed E-state index contributed by atoms with van der Waals surface area (Å²) in [4.78, 5) is 9.52. The molecule has 0 atom stereocenters. The van der Waals surface area contributed by atoms with Crippen LogP contribution in [0.4, 0.5) is 0 Å². The van der Waals surface area contributed by atoms with Crippen LogP contribution in [-0.4, -0.2) is 9.97 Å². The molecule has 1 fully saturated rings. The summed E-state index contributed by atoms with van der Waals surface area (Å²) in [5, 5.41) is 0. The molecule has 0 N–H and O–H groups in total. The van der Waals surface area contributed by atoms with Crippen molar-refractivity contribution in [2.75, 3.05) is 0 Å². The summed E-state index contributed by atoms with van der Waals surface area (Å²) < 4.78 is 0. The van der Waals surface area contributed by atoms with E-state index in [1.807, 2.05) is 0 Å². The first-order valence-electron chi connectivity index (χ1n) is 12.7. The van der Waals surface area contributed by atoms with Gasteiger partial charge in [-0.2, -0.15) is 0 Å². The summed E-state index contributed by atoms with van der Waals surface area (Å²) >= 11 is 0. The van der Waals surface area contributed by atoms with E-state index in [0.717, 1.165) is 24.6 Å². The quantitative estimate of drug-likeness (QED) is 0.335. The van der Waals surface area contributed by atoms with E-state index in [0.29, 0.717) is 5.92 Å². The fourth-order valence-corrected chi connectivity index (χ4v) is 4.84. The Bertz CT molecular complexity index is 696. The molecular weight excluding hydrogens is 364 g/mol. The van der Waals surface area contributed by atoms with Gasteiger partial charge in [0, 0.05) is 18.3 Å². The number of benzene rings is 1. The van der Waals surface area contributed by atoms with Gasteiger partial charge in [-0.25, -0.2) is 9.97 Å². The molecule has 1 aromatic heterocycles. The van der Waals surface area contributed by atoms with Crippen molar-refractivity contribution >= 4 is 0 Å². The van der Waals surface area contributed by atoms with Gasteiger partial charge in [-0.15, -0.1) is 0 Å². The largest absolute Gasteiger partial charge is 0.241 e. The molecule has 0 aliphatic heterocycles. The Labute approximate surface area is 184 Å². The molecule has 30 heavy (non-hydrogen) atoms. The van der Waals surface area contributed by atoms with Crippen LogP contribution in [0.2, 0.25) is 0 Å². The zero-order valence-electron chi connectivity index (χ0n) is 19.4. The lowest BCUT2D eigenvalue weighted by molar-refractivity contribution is 0.297. The Balaban J connectivity index is 1.40. The third-order valence-electron chi connectivity index (χ3n) is 6.95. The zero-order valence-corrected chi connectivity index (χ0v) is 19.4. The monoisotopic (exact) mass is 406 g/mol. The maximum absolute atomic E-state index is 4.76. The molecule has 3 rings (SSSR count). The molecule has 0 amide bonds. The SMILES string of the molecule is CCCCCc1ccc(CCc2cnc(C3CCC(CCCCC)CC3)nc2)cc1. The first-order chi connectivity index (χ1) is 14.8. The van der Waals surface area contributed by atoms with Crippen LogP contribution in [0.1, 0.15) is 113 Å². The fraction of sp³-hybridized carbons (Fsp3) is 0.643. The predicted octanol–water partition coefficient (Wildman–Crippen LogP) is 7.85. The van der Waals surface area contributed by atoms with Crippen LogP contribution in [0.5, 0.6) is 0 Å². The van der Waals surface area contributed by atoms with Gasteiger partial charge in [0.15, 0.2) is 0 Å². The van der Waals surface area contributed by atoms with Gasteiger partial charge in [-0.05, 0) is 74.0 Å². The first-order valence-corrected chi connectivity index (χ1v) is 12.7. The molecule has 0 bridgehead atoms. The van der Waals surface area contributed by atoms with Crippen LogP contribution in [0.15, 0.2) is 36.7 Å². The van der Waals surface area contributed by atoms with Crippen molar-refractivity contribution in [3.05, 3.63) is 59.2 Å². The lowest BCUT2D eigenvalue weighted by Crippen LogP contribution is -2.15. The molecule has 1 aromatic carbocycles. The second-order valence-electron chi connectivity index (χ2n) is 9.44. The molecule has 1 aliphatic rings. The molecule has 0 radical (unpaired) electrons. The number of hydrogen-bond acceptors (Lipinski definition) is 2. The highest BCUT2D eigenvalue weighted by molar-refractivity contribution is 5.23. The summed E-state index contributed by atoms with van der Waals surface area (Å²) in [6, 6.07) is 9.22. The Hall–Kier alpha value is -1.70. The van der Waals surface area contributed by atoms with E-state index in [-0.39, 0.29) is 0 Å². The van der Waals surface area contributed by atoms with Crippen LogP contribution in [-0.2, 0) is 19.3 Å². The van der Waals surface area contributed by atoms with Crippen molar-refractivity contribution in [3.63, 3.8) is 0 Å². The average molecular weight is 407 g/mol. The van der Waals surface area contributed by atoms with Gasteiger partial charge in [0.05, 0.1) is 0 Å². The van der Waals surface area contributed by atoms with Gasteiger partial charge >= 0.3 is 0 Å². The van der Waals surface area contributed by atoms with Crippen LogP contribution in [0, 0.1) is 5.92 Å². The van der Waals surface area contributed by atoms with Crippen molar-refractivity contribution in [3.8, 4) is 0 Å². The maximum Gasteiger partial charge on any atom is 0.131 e. The maximum atomic E-state index is 4.76. The van der Waals surface area contributed by atoms with E-state index >= 15 is 0 Å². The molecule has 2 aromatic rings. The highest BCUT2D eigenvalue weighted by Crippen LogP contribution is 2.36. The van der Waals surface area contributed by atoms with E-state index in [4.69, 9.17) is 9.97 Å². The normalized spacial score (nSPS) is 19.1. The first kappa shape index (κ1) is 23.0. The van der Waals surface area contributed by atoms with E-state index in [1.165, 1.54) is 93.7 Å². The smallest absolute Gasteiger partial charge is 0.131 e. The molecule has 2 heteroatoms. The van der Waals surface area contributed by atoms with Crippen molar-refractivity contribution < 1.29 is 0 Å². The van der Waals surface area contributed by atoms with Crippen LogP contribution >= 0.6 is 0 Å². The predicted molar refractivity (Wildman–Crippen MR) is 128 cm³/mol. The minimum absolute atomic E-state index is 0.585. The molecule has 0 saturated heterocycles. The Kier molecular flexibility index (Phi) is 9.86. The Morgan fingerprint density at radius 2 is 1.23 bits per heavy atom. The molecule has 0 unspecified atom stereocenters. The minimum atomic E-state index is 0.585. The molecule has 1 heterocycles. The summed E-state index contributed by atoms with van der Waals surface area (Å²) in [6.45, 7) is 4.56. The summed E-state index contributed by atoms with van der Waals surface area (Å²) in [5.74, 6) is 2.62. The van der Waals surface area contributed by atoms with Gasteiger partial charge in [0.1, 0.15) is 5.82 Å². The van der Waals surface area contributed by atoms with Crippen molar-refractivity contribution in [1.29, 1.82) is 0 Å².